The van der Waals surface area contributed by atoms with E-state index < -0.39 is 0 Å². The van der Waals surface area contributed by atoms with Crippen LogP contribution in [-0.4, -0.2) is 67.3 Å². The molecule has 0 rings (SSSR count). The SMILES string of the molecule is CCC/C=C/CC(=O)N(CC)CC[N+](C)(C)CCO. The van der Waals surface area contributed by atoms with Crippen LogP contribution in [0.1, 0.15) is 33.1 Å². The summed E-state index contributed by atoms with van der Waals surface area (Å²) in [5.41, 5.74) is 0. The lowest BCUT2D eigenvalue weighted by atomic mass is 10.2. The van der Waals surface area contributed by atoms with E-state index in [0.717, 1.165) is 43.5 Å². The standard InChI is InChI=1S/C15H31N2O2/c1-5-7-8-9-10-15(19)16(6-2)11-12-17(3,4)13-14-18/h8-9,18H,5-7,10-14H2,1-4H3/q+1/b9-8+. The number of quaternary nitrogens is 1. The Morgan fingerprint density at radius 2 is 1.89 bits per heavy atom. The van der Waals surface area contributed by atoms with Gasteiger partial charge in [0.15, 0.2) is 0 Å². The Morgan fingerprint density at radius 3 is 2.42 bits per heavy atom. The molecule has 0 aliphatic rings. The van der Waals surface area contributed by atoms with Crippen LogP contribution < -0.4 is 0 Å². The van der Waals surface area contributed by atoms with Crippen LogP contribution in [0.3, 0.4) is 0 Å². The van der Waals surface area contributed by atoms with Crippen LogP contribution in [0.5, 0.6) is 0 Å². The van der Waals surface area contributed by atoms with Gasteiger partial charge in [-0.2, -0.15) is 0 Å². The molecule has 112 valence electrons. The van der Waals surface area contributed by atoms with Crippen molar-refractivity contribution < 1.29 is 14.4 Å². The number of aliphatic hydroxyl groups is 1. The highest BCUT2D eigenvalue weighted by Gasteiger charge is 2.18. The van der Waals surface area contributed by atoms with Crippen molar-refractivity contribution in [2.24, 2.45) is 0 Å². The summed E-state index contributed by atoms with van der Waals surface area (Å²) >= 11 is 0. The van der Waals surface area contributed by atoms with Gasteiger partial charge in [0.2, 0.25) is 5.91 Å². The van der Waals surface area contributed by atoms with E-state index in [9.17, 15) is 4.79 Å². The smallest absolute Gasteiger partial charge is 0.226 e. The van der Waals surface area contributed by atoms with Gasteiger partial charge in [0.25, 0.3) is 0 Å². The molecule has 0 aromatic rings. The highest BCUT2D eigenvalue weighted by Crippen LogP contribution is 2.01. The molecule has 1 N–H and O–H groups in total. The molecule has 0 aliphatic heterocycles. The van der Waals surface area contributed by atoms with Gasteiger partial charge in [-0.25, -0.2) is 0 Å². The Balaban J connectivity index is 4.15. The van der Waals surface area contributed by atoms with E-state index in [1.165, 1.54) is 0 Å². The van der Waals surface area contributed by atoms with E-state index >= 15 is 0 Å². The van der Waals surface area contributed by atoms with Crippen LogP contribution in [0, 0.1) is 0 Å². The third-order valence-corrected chi connectivity index (χ3v) is 3.33. The summed E-state index contributed by atoms with van der Waals surface area (Å²) in [5.74, 6) is 0.193. The van der Waals surface area contributed by atoms with Crippen molar-refractivity contribution in [1.82, 2.24) is 4.90 Å². The molecule has 1 amide bonds. The highest BCUT2D eigenvalue weighted by molar-refractivity contribution is 5.77. The number of nitrogens with zero attached hydrogens (tertiary/aromatic N) is 2. The molecule has 0 spiro atoms. The number of hydrogen-bond acceptors (Lipinski definition) is 2. The molecular formula is C15H31N2O2+. The molecular weight excluding hydrogens is 240 g/mol. The second-order valence-corrected chi connectivity index (χ2v) is 5.54. The number of carbonyl (C=O) groups is 1. The first-order valence-electron chi connectivity index (χ1n) is 7.32. The lowest BCUT2D eigenvalue weighted by Gasteiger charge is -2.31. The fourth-order valence-electron chi connectivity index (χ4n) is 1.83. The molecule has 0 aliphatic carbocycles. The maximum Gasteiger partial charge on any atom is 0.226 e. The van der Waals surface area contributed by atoms with Crippen LogP contribution in [0.4, 0.5) is 0 Å². The first-order chi connectivity index (χ1) is 8.96. The van der Waals surface area contributed by atoms with E-state index in [0.29, 0.717) is 6.42 Å². The van der Waals surface area contributed by atoms with Gasteiger partial charge >= 0.3 is 0 Å². The number of amides is 1. The summed E-state index contributed by atoms with van der Waals surface area (Å²) in [7, 11) is 4.16. The van der Waals surface area contributed by atoms with Gasteiger partial charge in [-0.15, -0.1) is 0 Å². The maximum absolute atomic E-state index is 12.0. The molecule has 0 bridgehead atoms. The number of allylic oxidation sites excluding steroid dienone is 1. The number of rotatable bonds is 10. The Kier molecular flexibility index (Phi) is 9.53. The van der Waals surface area contributed by atoms with E-state index in [4.69, 9.17) is 5.11 Å². The second kappa shape index (κ2) is 9.98. The average Bonchev–Trinajstić information content (AvgIpc) is 2.35. The van der Waals surface area contributed by atoms with E-state index in [-0.39, 0.29) is 12.5 Å². The van der Waals surface area contributed by atoms with Crippen molar-refractivity contribution in [2.45, 2.75) is 33.1 Å². The molecule has 0 saturated heterocycles. The molecule has 0 atom stereocenters. The molecule has 0 heterocycles. The van der Waals surface area contributed by atoms with E-state index in [2.05, 4.69) is 27.1 Å². The summed E-state index contributed by atoms with van der Waals surface area (Å²) in [6.45, 7) is 7.43. The Labute approximate surface area is 118 Å². The van der Waals surface area contributed by atoms with Crippen LogP contribution in [0.25, 0.3) is 0 Å². The Hall–Kier alpha value is -0.870. The zero-order valence-corrected chi connectivity index (χ0v) is 13.1. The number of unbranched alkanes of at least 4 members (excludes halogenated alkanes) is 1. The Morgan fingerprint density at radius 1 is 1.21 bits per heavy atom. The molecule has 4 nitrogen and oxygen atoms in total. The largest absolute Gasteiger partial charge is 0.391 e. The van der Waals surface area contributed by atoms with Crippen molar-refractivity contribution >= 4 is 5.91 Å². The summed E-state index contributed by atoms with van der Waals surface area (Å²) < 4.78 is 0.742. The summed E-state index contributed by atoms with van der Waals surface area (Å²) in [6.07, 6.45) is 6.72. The molecule has 4 heteroatoms. The number of hydrogen-bond donors (Lipinski definition) is 1. The maximum atomic E-state index is 12.0. The van der Waals surface area contributed by atoms with Crippen molar-refractivity contribution in [2.75, 3.05) is 46.9 Å². The zero-order chi connectivity index (χ0) is 14.7. The molecule has 0 aromatic heterocycles. The predicted octanol–water partition coefficient (Wildman–Crippen LogP) is 1.65. The van der Waals surface area contributed by atoms with Gasteiger partial charge in [-0.1, -0.05) is 25.5 Å². The lowest BCUT2D eigenvalue weighted by Crippen LogP contribution is -2.48. The average molecular weight is 271 g/mol. The lowest BCUT2D eigenvalue weighted by molar-refractivity contribution is -0.890. The van der Waals surface area contributed by atoms with Crippen molar-refractivity contribution in [3.63, 3.8) is 0 Å². The van der Waals surface area contributed by atoms with Gasteiger partial charge in [0.05, 0.1) is 33.8 Å². The molecule has 0 unspecified atom stereocenters. The van der Waals surface area contributed by atoms with Gasteiger partial charge < -0.3 is 14.5 Å². The monoisotopic (exact) mass is 271 g/mol. The van der Waals surface area contributed by atoms with Crippen molar-refractivity contribution in [3.05, 3.63) is 12.2 Å². The summed E-state index contributed by atoms with van der Waals surface area (Å²) in [6, 6.07) is 0. The molecule has 0 radical (unpaired) electrons. The topological polar surface area (TPSA) is 40.5 Å². The minimum absolute atomic E-state index is 0.187. The molecule has 0 saturated carbocycles. The fourth-order valence-corrected chi connectivity index (χ4v) is 1.83. The highest BCUT2D eigenvalue weighted by atomic mass is 16.3. The second-order valence-electron chi connectivity index (χ2n) is 5.54. The van der Waals surface area contributed by atoms with Crippen LogP contribution in [0.2, 0.25) is 0 Å². The van der Waals surface area contributed by atoms with Gasteiger partial charge in [0.1, 0.15) is 6.54 Å². The molecule has 0 fully saturated rings. The molecule has 0 aromatic carbocycles. The number of likely N-dealkylation sites (N-methyl/N-ethyl adjacent to an activating group) is 2. The fraction of sp³-hybridized carbons (Fsp3) is 0.800. The van der Waals surface area contributed by atoms with Gasteiger partial charge in [0, 0.05) is 13.0 Å². The summed E-state index contributed by atoms with van der Waals surface area (Å²) in [4.78, 5) is 13.9. The minimum Gasteiger partial charge on any atom is -0.391 e. The predicted molar refractivity (Wildman–Crippen MR) is 79.8 cm³/mol. The third-order valence-electron chi connectivity index (χ3n) is 3.33. The Bertz CT molecular complexity index is 275. The normalized spacial score (nSPS) is 12.1. The third kappa shape index (κ3) is 8.78. The van der Waals surface area contributed by atoms with E-state index in [1.54, 1.807) is 0 Å². The van der Waals surface area contributed by atoms with Crippen LogP contribution in [0.15, 0.2) is 12.2 Å². The van der Waals surface area contributed by atoms with Crippen LogP contribution in [-0.2, 0) is 4.79 Å². The minimum atomic E-state index is 0.187. The first kappa shape index (κ1) is 18.1. The van der Waals surface area contributed by atoms with Crippen molar-refractivity contribution in [3.8, 4) is 0 Å². The van der Waals surface area contributed by atoms with Gasteiger partial charge in [-0.05, 0) is 13.3 Å². The van der Waals surface area contributed by atoms with Crippen LogP contribution >= 0.6 is 0 Å². The van der Waals surface area contributed by atoms with Gasteiger partial charge in [-0.3, -0.25) is 4.79 Å². The van der Waals surface area contributed by atoms with Crippen molar-refractivity contribution in [1.29, 1.82) is 0 Å². The summed E-state index contributed by atoms with van der Waals surface area (Å²) in [5, 5.41) is 8.99. The number of aliphatic hydroxyl groups excluding tert-OH is 1. The quantitative estimate of drug-likeness (QED) is 0.485. The number of carbonyl (C=O) groups excluding carboxylic acids is 1. The van der Waals surface area contributed by atoms with E-state index in [1.807, 2.05) is 17.9 Å². The first-order valence-corrected chi connectivity index (χ1v) is 7.32. The molecule has 19 heavy (non-hydrogen) atoms. The zero-order valence-electron chi connectivity index (χ0n) is 13.1.